The highest BCUT2D eigenvalue weighted by molar-refractivity contribution is 5.29. The zero-order valence-electron chi connectivity index (χ0n) is 10.2. The van der Waals surface area contributed by atoms with E-state index in [4.69, 9.17) is 10.5 Å². The van der Waals surface area contributed by atoms with E-state index < -0.39 is 6.10 Å². The van der Waals surface area contributed by atoms with Gasteiger partial charge in [-0.2, -0.15) is 0 Å². The summed E-state index contributed by atoms with van der Waals surface area (Å²) in [5.41, 5.74) is 7.02. The molecular weight excluding hydrogens is 202 g/mol. The van der Waals surface area contributed by atoms with E-state index in [2.05, 4.69) is 6.92 Å². The third kappa shape index (κ3) is 3.51. The Morgan fingerprint density at radius 3 is 2.25 bits per heavy atom. The molecule has 0 fully saturated rings. The molecule has 1 aromatic carbocycles. The van der Waals surface area contributed by atoms with Crippen LogP contribution in [0, 0.1) is 0 Å². The minimum Gasteiger partial charge on any atom is -0.488 e. The summed E-state index contributed by atoms with van der Waals surface area (Å²) in [5, 5.41) is 9.32. The molecule has 0 amide bonds. The molecule has 0 aliphatic rings. The molecule has 0 aliphatic heterocycles. The van der Waals surface area contributed by atoms with Crippen LogP contribution in [0.1, 0.15) is 38.8 Å². The smallest absolute Gasteiger partial charge is 0.121 e. The molecule has 16 heavy (non-hydrogen) atoms. The molecule has 2 unspecified atom stereocenters. The van der Waals surface area contributed by atoms with Gasteiger partial charge in [-0.25, -0.2) is 0 Å². The van der Waals surface area contributed by atoms with E-state index in [9.17, 15) is 5.11 Å². The van der Waals surface area contributed by atoms with Crippen molar-refractivity contribution in [2.45, 2.75) is 45.4 Å². The molecule has 0 heterocycles. The zero-order valence-corrected chi connectivity index (χ0v) is 10.2. The maximum absolute atomic E-state index is 9.32. The van der Waals surface area contributed by atoms with Crippen LogP contribution in [-0.2, 0) is 0 Å². The Morgan fingerprint density at radius 2 is 1.81 bits per heavy atom. The molecule has 0 saturated heterocycles. The molecule has 0 radical (unpaired) electrons. The van der Waals surface area contributed by atoms with E-state index in [1.165, 1.54) is 0 Å². The van der Waals surface area contributed by atoms with Gasteiger partial charge in [-0.3, -0.25) is 0 Å². The Bertz CT molecular complexity index is 308. The summed E-state index contributed by atoms with van der Waals surface area (Å²) >= 11 is 0. The molecule has 0 saturated carbocycles. The van der Waals surface area contributed by atoms with Gasteiger partial charge in [-0.05, 0) is 38.0 Å². The van der Waals surface area contributed by atoms with Gasteiger partial charge in [-0.1, -0.05) is 19.1 Å². The maximum Gasteiger partial charge on any atom is 0.121 e. The molecule has 3 heteroatoms. The number of hydrogen-bond donors (Lipinski definition) is 2. The first-order valence-corrected chi connectivity index (χ1v) is 5.74. The van der Waals surface area contributed by atoms with Crippen LogP contribution < -0.4 is 10.5 Å². The third-order valence-electron chi connectivity index (χ3n) is 2.75. The molecule has 0 aromatic heterocycles. The molecule has 0 bridgehead atoms. The van der Waals surface area contributed by atoms with Crippen molar-refractivity contribution in [3.05, 3.63) is 29.8 Å². The zero-order chi connectivity index (χ0) is 12.1. The Morgan fingerprint density at radius 1 is 1.25 bits per heavy atom. The largest absolute Gasteiger partial charge is 0.488 e. The van der Waals surface area contributed by atoms with Crippen LogP contribution in [0.2, 0.25) is 0 Å². The minimum atomic E-state index is -0.474. The summed E-state index contributed by atoms with van der Waals surface area (Å²) < 4.78 is 5.55. The highest BCUT2D eigenvalue weighted by Gasteiger charge is 2.10. The predicted molar refractivity (Wildman–Crippen MR) is 65.4 cm³/mol. The van der Waals surface area contributed by atoms with Crippen molar-refractivity contribution in [3.8, 4) is 5.75 Å². The lowest BCUT2D eigenvalue weighted by Gasteiger charge is -2.17. The Kier molecular flexibility index (Phi) is 4.77. The van der Waals surface area contributed by atoms with Crippen LogP contribution >= 0.6 is 0 Å². The fourth-order valence-corrected chi connectivity index (χ4v) is 1.34. The number of ether oxygens (including phenoxy) is 1. The van der Waals surface area contributed by atoms with Crippen molar-refractivity contribution in [2.24, 2.45) is 5.73 Å². The second-order valence-corrected chi connectivity index (χ2v) is 4.15. The van der Waals surface area contributed by atoms with Gasteiger partial charge in [-0.15, -0.1) is 0 Å². The fraction of sp³-hybridized carbons (Fsp3) is 0.538. The molecule has 0 spiro atoms. The van der Waals surface area contributed by atoms with E-state index >= 15 is 0 Å². The van der Waals surface area contributed by atoms with Crippen LogP contribution in [0.15, 0.2) is 24.3 Å². The number of benzene rings is 1. The average molecular weight is 223 g/mol. The van der Waals surface area contributed by atoms with Crippen molar-refractivity contribution in [1.82, 2.24) is 0 Å². The summed E-state index contributed by atoms with van der Waals surface area (Å²) in [4.78, 5) is 0. The third-order valence-corrected chi connectivity index (χ3v) is 2.75. The first kappa shape index (κ1) is 13.0. The van der Waals surface area contributed by atoms with Crippen LogP contribution in [0.3, 0.4) is 0 Å². The second kappa shape index (κ2) is 5.87. The lowest BCUT2D eigenvalue weighted by Crippen LogP contribution is -2.25. The SMILES string of the molecule is CC[C@@H](N)c1ccc(OC(C)C(C)O)cc1. The number of rotatable bonds is 5. The first-order valence-electron chi connectivity index (χ1n) is 5.74. The molecule has 1 aromatic rings. The number of hydrogen-bond acceptors (Lipinski definition) is 3. The number of aliphatic hydroxyl groups is 1. The highest BCUT2D eigenvalue weighted by Crippen LogP contribution is 2.19. The van der Waals surface area contributed by atoms with Gasteiger partial charge in [0.15, 0.2) is 0 Å². The van der Waals surface area contributed by atoms with E-state index in [1.54, 1.807) is 6.92 Å². The maximum atomic E-state index is 9.32. The van der Waals surface area contributed by atoms with Crippen LogP contribution in [0.25, 0.3) is 0 Å². The van der Waals surface area contributed by atoms with E-state index in [1.807, 2.05) is 31.2 Å². The predicted octanol–water partition coefficient (Wildman–Crippen LogP) is 2.24. The van der Waals surface area contributed by atoms with Gasteiger partial charge in [0.05, 0.1) is 6.10 Å². The summed E-state index contributed by atoms with van der Waals surface area (Å²) in [7, 11) is 0. The van der Waals surface area contributed by atoms with Gasteiger partial charge >= 0.3 is 0 Å². The topological polar surface area (TPSA) is 55.5 Å². The summed E-state index contributed by atoms with van der Waals surface area (Å²) in [6, 6.07) is 7.81. The summed E-state index contributed by atoms with van der Waals surface area (Å²) in [6.07, 6.45) is 0.243. The summed E-state index contributed by atoms with van der Waals surface area (Å²) in [6.45, 7) is 5.62. The second-order valence-electron chi connectivity index (χ2n) is 4.15. The Labute approximate surface area is 97.2 Å². The van der Waals surface area contributed by atoms with Crippen molar-refractivity contribution in [2.75, 3.05) is 0 Å². The van der Waals surface area contributed by atoms with Gasteiger partial charge in [0, 0.05) is 6.04 Å². The van der Waals surface area contributed by atoms with E-state index in [0.717, 1.165) is 17.7 Å². The fourth-order valence-electron chi connectivity index (χ4n) is 1.34. The molecule has 0 aliphatic carbocycles. The highest BCUT2D eigenvalue weighted by atomic mass is 16.5. The van der Waals surface area contributed by atoms with Crippen molar-refractivity contribution < 1.29 is 9.84 Å². The monoisotopic (exact) mass is 223 g/mol. The van der Waals surface area contributed by atoms with Crippen LogP contribution in [-0.4, -0.2) is 17.3 Å². The van der Waals surface area contributed by atoms with Gasteiger partial charge in [0.1, 0.15) is 11.9 Å². The molecule has 3 nitrogen and oxygen atoms in total. The van der Waals surface area contributed by atoms with Gasteiger partial charge in [0.2, 0.25) is 0 Å². The Balaban J connectivity index is 2.64. The number of nitrogens with two attached hydrogens (primary N) is 1. The van der Waals surface area contributed by atoms with Crippen molar-refractivity contribution >= 4 is 0 Å². The molecule has 1 rings (SSSR count). The van der Waals surface area contributed by atoms with Crippen LogP contribution in [0.4, 0.5) is 0 Å². The normalized spacial score (nSPS) is 16.6. The standard InChI is InChI=1S/C13H21NO2/c1-4-13(14)11-5-7-12(8-6-11)16-10(3)9(2)15/h5-10,13,15H,4,14H2,1-3H3/t9?,10?,13-/m1/s1. The first-order chi connectivity index (χ1) is 7.54. The van der Waals surface area contributed by atoms with E-state index in [-0.39, 0.29) is 12.1 Å². The van der Waals surface area contributed by atoms with Crippen molar-refractivity contribution in [3.63, 3.8) is 0 Å². The lowest BCUT2D eigenvalue weighted by atomic mass is 10.1. The summed E-state index contributed by atoms with van der Waals surface area (Å²) in [5.74, 6) is 0.764. The van der Waals surface area contributed by atoms with Gasteiger partial charge in [0.25, 0.3) is 0 Å². The quantitative estimate of drug-likeness (QED) is 0.805. The average Bonchev–Trinajstić information content (AvgIpc) is 2.28. The van der Waals surface area contributed by atoms with E-state index in [0.29, 0.717) is 0 Å². The Hall–Kier alpha value is -1.06. The van der Waals surface area contributed by atoms with Crippen LogP contribution in [0.5, 0.6) is 5.75 Å². The molecular formula is C13H21NO2. The molecule has 3 atom stereocenters. The molecule has 90 valence electrons. The van der Waals surface area contributed by atoms with Crippen molar-refractivity contribution in [1.29, 1.82) is 0 Å². The minimum absolute atomic E-state index is 0.0863. The number of aliphatic hydroxyl groups excluding tert-OH is 1. The lowest BCUT2D eigenvalue weighted by molar-refractivity contribution is 0.0604. The molecule has 3 N–H and O–H groups in total. The van der Waals surface area contributed by atoms with Gasteiger partial charge < -0.3 is 15.6 Å².